The zero-order valence-electron chi connectivity index (χ0n) is 27.2. The molecule has 5 N–H and O–H groups in total. The van der Waals surface area contributed by atoms with Gasteiger partial charge in [0.15, 0.2) is 0 Å². The molecule has 0 aromatic heterocycles. The number of rotatable bonds is 30. The summed E-state index contributed by atoms with van der Waals surface area (Å²) < 4.78 is 21.9. The molecule has 0 radical (unpaired) electrons. The molecule has 1 amide bonds. The Bertz CT molecular complexity index is 815. The number of phosphoric acid groups is 1. The smallest absolute Gasteiger partial charge is 0.387 e. The number of carbonyl (C=O) groups excluding carboxylic acids is 1. The molecule has 0 bridgehead atoms. The van der Waals surface area contributed by atoms with Crippen molar-refractivity contribution in [3.8, 4) is 0 Å². The largest absolute Gasteiger partial charge is 0.472 e. The molecule has 0 aliphatic carbocycles. The van der Waals surface area contributed by atoms with E-state index in [4.69, 9.17) is 14.8 Å². The van der Waals surface area contributed by atoms with Crippen molar-refractivity contribution in [3.05, 3.63) is 48.6 Å². The Kier molecular flexibility index (Phi) is 29.4. The summed E-state index contributed by atoms with van der Waals surface area (Å²) in [6.45, 7) is 3.92. The van der Waals surface area contributed by atoms with E-state index in [0.29, 0.717) is 6.42 Å². The molecule has 3 unspecified atom stereocenters. The lowest BCUT2D eigenvalue weighted by molar-refractivity contribution is -0.123. The maximum Gasteiger partial charge on any atom is 0.472 e. The number of nitrogens with two attached hydrogens (primary N) is 1. The standard InChI is InChI=1S/C34H63N2O6P/c1-3-5-7-9-11-13-15-16-17-18-20-22-24-26-28-34(38)36-32(31-42-43(39,40)41-30-29-35)33(37)27-25-23-21-19-14-12-10-8-6-4-2/h6,8,14-16,19,25,27,32-33,37H,3-5,7,9-13,17-18,20-24,26,28-31,35H2,1-2H3,(H,36,38)(H,39,40)/b8-6+,16-15-,19-14+,27-25+. The minimum atomic E-state index is -4.34. The average molecular weight is 627 g/mol. The van der Waals surface area contributed by atoms with Crippen molar-refractivity contribution < 1.29 is 28.4 Å². The number of carbonyl (C=O) groups is 1. The van der Waals surface area contributed by atoms with Crippen LogP contribution in [0.25, 0.3) is 0 Å². The molecule has 0 aromatic rings. The topological polar surface area (TPSA) is 131 Å². The maximum atomic E-state index is 12.6. The molecular weight excluding hydrogens is 563 g/mol. The highest BCUT2D eigenvalue weighted by atomic mass is 31.2. The highest BCUT2D eigenvalue weighted by Gasteiger charge is 2.26. The van der Waals surface area contributed by atoms with Crippen LogP contribution >= 0.6 is 7.82 Å². The van der Waals surface area contributed by atoms with Gasteiger partial charge in [0.05, 0.1) is 25.4 Å². The number of nitrogens with one attached hydrogen (secondary N) is 1. The Hall–Kier alpha value is -1.54. The van der Waals surface area contributed by atoms with Crippen molar-refractivity contribution in [2.45, 2.75) is 142 Å². The molecule has 0 spiro atoms. The lowest BCUT2D eigenvalue weighted by Gasteiger charge is -2.23. The molecule has 0 aromatic carbocycles. The molecule has 0 fully saturated rings. The zero-order valence-corrected chi connectivity index (χ0v) is 28.1. The van der Waals surface area contributed by atoms with Gasteiger partial charge in [0.2, 0.25) is 5.91 Å². The number of hydrogen-bond donors (Lipinski definition) is 4. The lowest BCUT2D eigenvalue weighted by atomic mass is 10.1. The van der Waals surface area contributed by atoms with Gasteiger partial charge in [-0.25, -0.2) is 4.57 Å². The number of aliphatic hydroxyl groups is 1. The Morgan fingerprint density at radius 1 is 0.767 bits per heavy atom. The third kappa shape index (κ3) is 29.0. The molecule has 0 rings (SSSR count). The van der Waals surface area contributed by atoms with Crippen molar-refractivity contribution in [2.24, 2.45) is 5.73 Å². The molecule has 9 heteroatoms. The Morgan fingerprint density at radius 3 is 1.91 bits per heavy atom. The predicted molar refractivity (Wildman–Crippen MR) is 180 cm³/mol. The van der Waals surface area contributed by atoms with E-state index in [2.05, 4.69) is 55.6 Å². The second-order valence-electron chi connectivity index (χ2n) is 11.0. The Labute approximate surface area is 262 Å². The number of aliphatic hydroxyl groups excluding tert-OH is 1. The first kappa shape index (κ1) is 41.5. The van der Waals surface area contributed by atoms with Crippen molar-refractivity contribution in [1.29, 1.82) is 0 Å². The van der Waals surface area contributed by atoms with Crippen molar-refractivity contribution >= 4 is 13.7 Å². The quantitative estimate of drug-likeness (QED) is 0.0359. The van der Waals surface area contributed by atoms with Crippen molar-refractivity contribution in [2.75, 3.05) is 19.8 Å². The van der Waals surface area contributed by atoms with Crippen LogP contribution in [0, 0.1) is 0 Å². The van der Waals surface area contributed by atoms with Gasteiger partial charge in [-0.05, 0) is 64.2 Å². The lowest BCUT2D eigenvalue weighted by Crippen LogP contribution is -2.45. The minimum Gasteiger partial charge on any atom is -0.387 e. The highest BCUT2D eigenvalue weighted by molar-refractivity contribution is 7.47. The fourth-order valence-electron chi connectivity index (χ4n) is 4.34. The Balaban J connectivity index is 4.45. The first-order chi connectivity index (χ1) is 20.9. The summed E-state index contributed by atoms with van der Waals surface area (Å²) in [7, 11) is -4.34. The summed E-state index contributed by atoms with van der Waals surface area (Å²) in [6.07, 6.45) is 34.5. The summed E-state index contributed by atoms with van der Waals surface area (Å²) in [5.41, 5.74) is 5.33. The summed E-state index contributed by atoms with van der Waals surface area (Å²) in [4.78, 5) is 22.5. The molecule has 3 atom stereocenters. The van der Waals surface area contributed by atoms with Crippen LogP contribution in [-0.2, 0) is 18.4 Å². The van der Waals surface area contributed by atoms with Gasteiger partial charge < -0.3 is 21.1 Å². The highest BCUT2D eigenvalue weighted by Crippen LogP contribution is 2.43. The molecule has 0 aliphatic heterocycles. The van der Waals surface area contributed by atoms with E-state index in [1.807, 2.05) is 6.08 Å². The van der Waals surface area contributed by atoms with E-state index in [1.54, 1.807) is 6.08 Å². The van der Waals surface area contributed by atoms with Gasteiger partial charge >= 0.3 is 7.82 Å². The van der Waals surface area contributed by atoms with Gasteiger partial charge in [0, 0.05) is 13.0 Å². The van der Waals surface area contributed by atoms with E-state index in [-0.39, 0.29) is 25.7 Å². The molecule has 0 saturated carbocycles. The van der Waals surface area contributed by atoms with Gasteiger partial charge in [-0.1, -0.05) is 107 Å². The second kappa shape index (κ2) is 30.5. The van der Waals surface area contributed by atoms with Gasteiger partial charge in [0.1, 0.15) is 0 Å². The molecule has 0 heterocycles. The average Bonchev–Trinajstić information content (AvgIpc) is 2.99. The van der Waals surface area contributed by atoms with Crippen LogP contribution in [0.15, 0.2) is 48.6 Å². The molecule has 0 saturated heterocycles. The van der Waals surface area contributed by atoms with E-state index < -0.39 is 20.0 Å². The molecule has 250 valence electrons. The number of unbranched alkanes of at least 4 members (excludes halogenated alkanes) is 12. The fraction of sp³-hybridized carbons (Fsp3) is 0.735. The van der Waals surface area contributed by atoms with Gasteiger partial charge in [-0.15, -0.1) is 0 Å². The molecule has 43 heavy (non-hydrogen) atoms. The van der Waals surface area contributed by atoms with Crippen LogP contribution in [0.5, 0.6) is 0 Å². The predicted octanol–water partition coefficient (Wildman–Crippen LogP) is 8.21. The van der Waals surface area contributed by atoms with Crippen molar-refractivity contribution in [1.82, 2.24) is 5.32 Å². The van der Waals surface area contributed by atoms with E-state index in [9.17, 15) is 19.4 Å². The summed E-state index contributed by atoms with van der Waals surface area (Å²) in [6, 6.07) is -0.884. The van der Waals surface area contributed by atoms with E-state index in [0.717, 1.165) is 70.6 Å². The third-order valence-electron chi connectivity index (χ3n) is 6.87. The number of amides is 1. The van der Waals surface area contributed by atoms with Crippen LogP contribution in [-0.4, -0.2) is 47.8 Å². The zero-order chi connectivity index (χ0) is 31.9. The van der Waals surface area contributed by atoms with Crippen LogP contribution in [0.4, 0.5) is 0 Å². The number of allylic oxidation sites excluding steroid dienone is 7. The Morgan fingerprint density at radius 2 is 1.30 bits per heavy atom. The normalized spacial score (nSPS) is 15.2. The minimum absolute atomic E-state index is 0.0687. The number of hydrogen-bond acceptors (Lipinski definition) is 6. The second-order valence-corrected chi connectivity index (χ2v) is 12.4. The summed E-state index contributed by atoms with van der Waals surface area (Å²) in [5, 5.41) is 13.5. The van der Waals surface area contributed by atoms with Gasteiger partial charge in [0.25, 0.3) is 0 Å². The van der Waals surface area contributed by atoms with E-state index in [1.165, 1.54) is 38.5 Å². The van der Waals surface area contributed by atoms with E-state index >= 15 is 0 Å². The molecule has 0 aliphatic rings. The van der Waals surface area contributed by atoms with Crippen LogP contribution in [0.2, 0.25) is 0 Å². The third-order valence-corrected chi connectivity index (χ3v) is 7.85. The molecular formula is C34H63N2O6P. The fourth-order valence-corrected chi connectivity index (χ4v) is 5.10. The monoisotopic (exact) mass is 626 g/mol. The maximum absolute atomic E-state index is 12.6. The first-order valence-electron chi connectivity index (χ1n) is 16.8. The summed E-state index contributed by atoms with van der Waals surface area (Å²) >= 11 is 0. The van der Waals surface area contributed by atoms with Crippen LogP contribution in [0.1, 0.15) is 129 Å². The first-order valence-corrected chi connectivity index (χ1v) is 18.3. The van der Waals surface area contributed by atoms with Gasteiger partial charge in [-0.2, -0.15) is 0 Å². The molecule has 8 nitrogen and oxygen atoms in total. The number of phosphoric ester groups is 1. The van der Waals surface area contributed by atoms with Crippen LogP contribution < -0.4 is 11.1 Å². The van der Waals surface area contributed by atoms with Crippen LogP contribution in [0.3, 0.4) is 0 Å². The van der Waals surface area contributed by atoms with Gasteiger partial charge in [-0.3, -0.25) is 13.8 Å². The SMILES string of the molecule is CC/C=C/CC/C=C/CC/C=C/C(O)C(COP(=O)(O)OCCN)NC(=O)CCCCCCC/C=C\CCCCCCC. The summed E-state index contributed by atoms with van der Waals surface area (Å²) in [5.74, 6) is -0.223. The van der Waals surface area contributed by atoms with Crippen molar-refractivity contribution in [3.63, 3.8) is 0 Å².